The third-order valence-corrected chi connectivity index (χ3v) is 2.61. The van der Waals surface area contributed by atoms with Crippen molar-refractivity contribution in [1.82, 2.24) is 4.90 Å². The van der Waals surface area contributed by atoms with E-state index >= 15 is 0 Å². The molecule has 0 fully saturated rings. The third kappa shape index (κ3) is 3.27. The van der Waals surface area contributed by atoms with Crippen LogP contribution in [-0.2, 0) is 0 Å². The minimum atomic E-state index is -0.829. The van der Waals surface area contributed by atoms with Gasteiger partial charge in [0.15, 0.2) is 5.78 Å². The zero-order valence-electron chi connectivity index (χ0n) is 9.72. The summed E-state index contributed by atoms with van der Waals surface area (Å²) in [6.45, 7) is 1.70. The number of hydrogen-bond acceptors (Lipinski definition) is 2. The monoisotopic (exact) mass is 259 g/mol. The molecule has 0 atom stereocenters. The molecule has 0 saturated carbocycles. The maximum Gasteiger partial charge on any atom is 0.190 e. The van der Waals surface area contributed by atoms with Crippen LogP contribution < -0.4 is 0 Å². The van der Waals surface area contributed by atoms with Gasteiger partial charge in [0.05, 0.1) is 10.6 Å². The van der Waals surface area contributed by atoms with E-state index in [-0.39, 0.29) is 10.6 Å². The molecule has 1 aromatic carbocycles. The lowest BCUT2D eigenvalue weighted by Gasteiger charge is -2.12. The predicted molar refractivity (Wildman–Crippen MR) is 63.1 cm³/mol. The van der Waals surface area contributed by atoms with Gasteiger partial charge in [0.25, 0.3) is 0 Å². The first-order chi connectivity index (χ1) is 7.82. The van der Waals surface area contributed by atoms with Gasteiger partial charge in [0.2, 0.25) is 0 Å². The van der Waals surface area contributed by atoms with E-state index in [2.05, 4.69) is 0 Å². The SMILES string of the molecule is C/C(=C/C(=O)c1cc(F)c(Cl)cc1F)N(C)C. The lowest BCUT2D eigenvalue weighted by Crippen LogP contribution is -2.11. The first-order valence-corrected chi connectivity index (χ1v) is 5.25. The number of allylic oxidation sites excluding steroid dienone is 2. The van der Waals surface area contributed by atoms with Gasteiger partial charge in [-0.05, 0) is 19.1 Å². The van der Waals surface area contributed by atoms with Gasteiger partial charge in [-0.25, -0.2) is 8.78 Å². The Morgan fingerprint density at radius 1 is 1.29 bits per heavy atom. The van der Waals surface area contributed by atoms with Crippen LogP contribution >= 0.6 is 11.6 Å². The van der Waals surface area contributed by atoms with Gasteiger partial charge in [0, 0.05) is 25.9 Å². The van der Waals surface area contributed by atoms with Gasteiger partial charge < -0.3 is 4.90 Å². The van der Waals surface area contributed by atoms with Crippen LogP contribution in [0.2, 0.25) is 5.02 Å². The molecule has 0 aromatic heterocycles. The van der Waals surface area contributed by atoms with Gasteiger partial charge in [-0.2, -0.15) is 0 Å². The van der Waals surface area contributed by atoms with Crippen LogP contribution in [0.15, 0.2) is 23.9 Å². The zero-order chi connectivity index (χ0) is 13.2. The van der Waals surface area contributed by atoms with Gasteiger partial charge in [-0.3, -0.25) is 4.79 Å². The number of rotatable bonds is 3. The summed E-state index contributed by atoms with van der Waals surface area (Å²) in [4.78, 5) is 13.4. The quantitative estimate of drug-likeness (QED) is 0.472. The first-order valence-electron chi connectivity index (χ1n) is 4.87. The highest BCUT2D eigenvalue weighted by atomic mass is 35.5. The Labute approximate surface area is 103 Å². The van der Waals surface area contributed by atoms with E-state index < -0.39 is 17.4 Å². The number of nitrogens with zero attached hydrogens (tertiary/aromatic N) is 1. The smallest absolute Gasteiger partial charge is 0.190 e. The second kappa shape index (κ2) is 5.27. The van der Waals surface area contributed by atoms with Gasteiger partial charge >= 0.3 is 0 Å². The topological polar surface area (TPSA) is 20.3 Å². The Balaban J connectivity index is 3.14. The van der Waals surface area contributed by atoms with Crippen LogP contribution in [0.3, 0.4) is 0 Å². The summed E-state index contributed by atoms with van der Waals surface area (Å²) in [7, 11) is 3.50. The Hall–Kier alpha value is -1.42. The molecule has 0 radical (unpaired) electrons. The molecule has 0 unspecified atom stereocenters. The Morgan fingerprint density at radius 2 is 1.88 bits per heavy atom. The summed E-state index contributed by atoms with van der Waals surface area (Å²) in [5, 5.41) is -0.340. The van der Waals surface area contributed by atoms with Crippen LogP contribution in [-0.4, -0.2) is 24.8 Å². The number of benzene rings is 1. The highest BCUT2D eigenvalue weighted by Crippen LogP contribution is 2.20. The van der Waals surface area contributed by atoms with E-state index in [1.807, 2.05) is 0 Å². The Bertz CT molecular complexity index is 484. The molecule has 0 aliphatic carbocycles. The minimum absolute atomic E-state index is 0.326. The number of carbonyl (C=O) groups excluding carboxylic acids is 1. The molecule has 0 spiro atoms. The van der Waals surface area contributed by atoms with Crippen molar-refractivity contribution in [1.29, 1.82) is 0 Å². The molecule has 5 heteroatoms. The predicted octanol–water partition coefficient (Wildman–Crippen LogP) is 3.27. The Morgan fingerprint density at radius 3 is 2.41 bits per heavy atom. The molecule has 0 aliphatic rings. The average Bonchev–Trinajstić information content (AvgIpc) is 2.22. The summed E-state index contributed by atoms with van der Waals surface area (Å²) < 4.78 is 26.6. The summed E-state index contributed by atoms with van der Waals surface area (Å²) in [6, 6.07) is 1.60. The van der Waals surface area contributed by atoms with Crippen molar-refractivity contribution in [3.8, 4) is 0 Å². The molecule has 0 bridgehead atoms. The third-order valence-electron chi connectivity index (χ3n) is 2.32. The van der Waals surface area contributed by atoms with Gasteiger partial charge in [-0.15, -0.1) is 0 Å². The lowest BCUT2D eigenvalue weighted by molar-refractivity contribution is 0.104. The van der Waals surface area contributed by atoms with Crippen molar-refractivity contribution in [3.05, 3.63) is 46.1 Å². The van der Waals surface area contributed by atoms with Crippen molar-refractivity contribution in [2.75, 3.05) is 14.1 Å². The van der Waals surface area contributed by atoms with Crippen molar-refractivity contribution in [3.63, 3.8) is 0 Å². The molecule has 2 nitrogen and oxygen atoms in total. The highest BCUT2D eigenvalue weighted by Gasteiger charge is 2.14. The van der Waals surface area contributed by atoms with E-state index in [0.717, 1.165) is 12.1 Å². The standard InChI is InChI=1S/C12H12ClF2NO/c1-7(16(2)3)4-12(17)8-5-11(15)9(13)6-10(8)14/h4-6H,1-3H3/b7-4-. The van der Waals surface area contributed by atoms with E-state index in [4.69, 9.17) is 11.6 Å². The van der Waals surface area contributed by atoms with E-state index in [9.17, 15) is 13.6 Å². The first kappa shape index (κ1) is 13.6. The summed E-state index contributed by atoms with van der Waals surface area (Å²) in [5.74, 6) is -2.24. The molecule has 17 heavy (non-hydrogen) atoms. The second-order valence-corrected chi connectivity index (χ2v) is 4.20. The van der Waals surface area contributed by atoms with Gasteiger partial charge in [0.1, 0.15) is 11.6 Å². The van der Waals surface area contributed by atoms with Gasteiger partial charge in [-0.1, -0.05) is 11.6 Å². The van der Waals surface area contributed by atoms with E-state index in [1.165, 1.54) is 6.08 Å². The van der Waals surface area contributed by atoms with Crippen LogP contribution in [0.4, 0.5) is 8.78 Å². The fourth-order valence-corrected chi connectivity index (χ4v) is 1.26. The molecule has 0 N–H and O–H groups in total. The Kier molecular flexibility index (Phi) is 4.23. The molecule has 0 aliphatic heterocycles. The highest BCUT2D eigenvalue weighted by molar-refractivity contribution is 6.30. The summed E-state index contributed by atoms with van der Waals surface area (Å²) >= 11 is 5.40. The van der Waals surface area contributed by atoms with Crippen LogP contribution in [0, 0.1) is 11.6 Å². The molecular weight excluding hydrogens is 248 g/mol. The number of halogens is 3. The molecule has 1 aromatic rings. The fourth-order valence-electron chi connectivity index (χ4n) is 1.11. The molecule has 0 heterocycles. The van der Waals surface area contributed by atoms with Crippen molar-refractivity contribution >= 4 is 17.4 Å². The minimum Gasteiger partial charge on any atom is -0.381 e. The summed E-state index contributed by atoms with van der Waals surface area (Å²) in [5.41, 5.74) is 0.317. The number of carbonyl (C=O) groups is 1. The van der Waals surface area contributed by atoms with Crippen LogP contribution in [0.1, 0.15) is 17.3 Å². The largest absolute Gasteiger partial charge is 0.381 e. The summed E-state index contributed by atoms with van der Waals surface area (Å²) in [6.07, 6.45) is 1.24. The van der Waals surface area contributed by atoms with Crippen LogP contribution in [0.25, 0.3) is 0 Å². The normalized spacial score (nSPS) is 11.5. The molecule has 1 rings (SSSR count). The van der Waals surface area contributed by atoms with Crippen LogP contribution in [0.5, 0.6) is 0 Å². The van der Waals surface area contributed by atoms with Crippen molar-refractivity contribution < 1.29 is 13.6 Å². The average molecular weight is 260 g/mol. The van der Waals surface area contributed by atoms with Crippen molar-refractivity contribution in [2.45, 2.75) is 6.92 Å². The number of ketones is 1. The van der Waals surface area contributed by atoms with E-state index in [0.29, 0.717) is 5.70 Å². The molecule has 0 amide bonds. The maximum atomic E-state index is 13.4. The molecule has 0 saturated heterocycles. The lowest BCUT2D eigenvalue weighted by atomic mass is 10.1. The van der Waals surface area contributed by atoms with E-state index in [1.54, 1.807) is 25.9 Å². The number of hydrogen-bond donors (Lipinski definition) is 0. The fraction of sp³-hybridized carbons (Fsp3) is 0.250. The molecular formula is C12H12ClF2NO. The maximum absolute atomic E-state index is 13.4. The van der Waals surface area contributed by atoms with Crippen molar-refractivity contribution in [2.24, 2.45) is 0 Å². The zero-order valence-corrected chi connectivity index (χ0v) is 10.5. The molecule has 92 valence electrons. The second-order valence-electron chi connectivity index (χ2n) is 3.79.